The fraction of sp³-hybridized carbons (Fsp3) is 0.167. The third-order valence-corrected chi connectivity index (χ3v) is 4.11. The Morgan fingerprint density at radius 1 is 1.07 bits per heavy atom. The van der Waals surface area contributed by atoms with Gasteiger partial charge in [0.05, 0.1) is 0 Å². The number of rotatable bonds is 0. The lowest BCUT2D eigenvalue weighted by Crippen LogP contribution is -2.27. The van der Waals surface area contributed by atoms with Crippen molar-refractivity contribution >= 4 is 43.7 Å². The van der Waals surface area contributed by atoms with Crippen molar-refractivity contribution in [3.8, 4) is 0 Å². The molecule has 0 amide bonds. The van der Waals surface area contributed by atoms with E-state index in [9.17, 15) is 0 Å². The van der Waals surface area contributed by atoms with Gasteiger partial charge in [0, 0.05) is 15.4 Å². The molecule has 2 aliphatic carbocycles. The van der Waals surface area contributed by atoms with Crippen molar-refractivity contribution in [2.75, 3.05) is 0 Å². The third-order valence-electron chi connectivity index (χ3n) is 3.18. The highest BCUT2D eigenvalue weighted by atomic mass is 127. The minimum absolute atomic E-state index is 0.471. The largest absolute Gasteiger partial charge is 0.115 e. The van der Waals surface area contributed by atoms with Crippen LogP contribution >= 0.6 is 22.6 Å². The molecular weight excluding hydrogens is 293 g/mol. The van der Waals surface area contributed by atoms with Gasteiger partial charge in [-0.1, -0.05) is 29.8 Å². The van der Waals surface area contributed by atoms with Gasteiger partial charge in [-0.15, -0.1) is 5.47 Å². The predicted octanol–water partition coefficient (Wildman–Crippen LogP) is 1.89. The van der Waals surface area contributed by atoms with Crippen LogP contribution in [0.1, 0.15) is 23.0 Å². The molecule has 0 unspecified atom stereocenters. The van der Waals surface area contributed by atoms with Crippen molar-refractivity contribution in [2.45, 2.75) is 11.8 Å². The van der Waals surface area contributed by atoms with Crippen LogP contribution in [0.3, 0.4) is 0 Å². The molecular formula is C12H7B2I. The van der Waals surface area contributed by atoms with Crippen LogP contribution in [0.5, 0.6) is 0 Å². The van der Waals surface area contributed by atoms with Crippen LogP contribution in [0.25, 0.3) is 0 Å². The summed E-state index contributed by atoms with van der Waals surface area (Å²) in [4.78, 5) is 0. The Morgan fingerprint density at radius 2 is 1.80 bits per heavy atom. The molecule has 1 aromatic carbocycles. The summed E-state index contributed by atoms with van der Waals surface area (Å²) in [6.45, 7) is 0. The Balaban J connectivity index is 2.13. The van der Waals surface area contributed by atoms with Crippen LogP contribution in [0.15, 0.2) is 35.8 Å². The summed E-state index contributed by atoms with van der Waals surface area (Å²) in [5.74, 6) is 0.964. The van der Waals surface area contributed by atoms with Crippen molar-refractivity contribution in [3.05, 3.63) is 50.5 Å². The first-order valence-corrected chi connectivity index (χ1v) is 5.99. The third kappa shape index (κ3) is 1.36. The molecule has 0 aliphatic heterocycles. The van der Waals surface area contributed by atoms with E-state index in [4.69, 9.17) is 15.7 Å². The molecule has 4 radical (unpaired) electrons. The van der Waals surface area contributed by atoms with Crippen LogP contribution < -0.4 is 5.46 Å². The van der Waals surface area contributed by atoms with E-state index in [1.165, 1.54) is 11.1 Å². The Hall–Kier alpha value is -0.440. The summed E-state index contributed by atoms with van der Waals surface area (Å²) in [6.07, 6.45) is 6.30. The molecule has 0 heterocycles. The number of halogens is 1. The molecule has 0 nitrogen and oxygen atoms in total. The molecule has 1 aromatic rings. The first kappa shape index (κ1) is 9.76. The number of benzene rings is 1. The predicted molar refractivity (Wildman–Crippen MR) is 73.0 cm³/mol. The Kier molecular flexibility index (Phi) is 2.13. The average molecular weight is 300 g/mol. The first-order chi connectivity index (χ1) is 7.16. The minimum atomic E-state index is 0.471. The molecule has 3 heteroatoms. The van der Waals surface area contributed by atoms with E-state index in [1.807, 2.05) is 6.08 Å². The van der Waals surface area contributed by atoms with Crippen molar-refractivity contribution in [2.24, 2.45) is 0 Å². The van der Waals surface area contributed by atoms with Gasteiger partial charge in [-0.2, -0.15) is 0 Å². The smallest absolute Gasteiger partial charge is 0.100 e. The number of fused-ring (bicyclic) bond motifs is 4. The zero-order chi connectivity index (χ0) is 10.6. The van der Waals surface area contributed by atoms with E-state index < -0.39 is 0 Å². The Bertz CT molecular complexity index is 503. The van der Waals surface area contributed by atoms with Crippen LogP contribution in [-0.4, -0.2) is 15.7 Å². The Labute approximate surface area is 106 Å². The van der Waals surface area contributed by atoms with E-state index in [0.717, 1.165) is 14.5 Å². The SMILES string of the molecule is [B]C1=C[C@H]2c3cc(I)c([B])cc3[C@H]2C=C1. The van der Waals surface area contributed by atoms with E-state index >= 15 is 0 Å². The molecule has 0 N–H and O–H groups in total. The van der Waals surface area contributed by atoms with Gasteiger partial charge in [-0.3, -0.25) is 0 Å². The lowest BCUT2D eigenvalue weighted by molar-refractivity contribution is 0.636. The lowest BCUT2D eigenvalue weighted by atomic mass is 9.63. The van der Waals surface area contributed by atoms with Crippen molar-refractivity contribution in [3.63, 3.8) is 0 Å². The molecule has 2 aliphatic rings. The van der Waals surface area contributed by atoms with Gasteiger partial charge in [0.1, 0.15) is 15.7 Å². The molecule has 0 saturated heterocycles. The van der Waals surface area contributed by atoms with Gasteiger partial charge in [-0.05, 0) is 39.8 Å². The maximum absolute atomic E-state index is 5.90. The van der Waals surface area contributed by atoms with Crippen molar-refractivity contribution < 1.29 is 0 Å². The second-order valence-corrected chi connectivity index (χ2v) is 5.24. The van der Waals surface area contributed by atoms with Crippen LogP contribution in [0, 0.1) is 3.57 Å². The van der Waals surface area contributed by atoms with E-state index in [1.54, 1.807) is 0 Å². The number of allylic oxidation sites excluding steroid dienone is 4. The van der Waals surface area contributed by atoms with Crippen molar-refractivity contribution in [1.82, 2.24) is 0 Å². The Morgan fingerprint density at radius 3 is 2.60 bits per heavy atom. The van der Waals surface area contributed by atoms with Gasteiger partial charge >= 0.3 is 0 Å². The molecule has 15 heavy (non-hydrogen) atoms. The van der Waals surface area contributed by atoms with Gasteiger partial charge in [0.2, 0.25) is 0 Å². The molecule has 0 fully saturated rings. The summed E-state index contributed by atoms with van der Waals surface area (Å²) in [5, 5.41) is 0. The molecule has 68 valence electrons. The summed E-state index contributed by atoms with van der Waals surface area (Å²) in [5.41, 5.74) is 4.49. The van der Waals surface area contributed by atoms with Gasteiger partial charge in [0.15, 0.2) is 0 Å². The van der Waals surface area contributed by atoms with Crippen LogP contribution in [0.4, 0.5) is 0 Å². The summed E-state index contributed by atoms with van der Waals surface area (Å²) in [6, 6.07) is 4.27. The maximum atomic E-state index is 5.90. The van der Waals surface area contributed by atoms with Gasteiger partial charge < -0.3 is 0 Å². The lowest BCUT2D eigenvalue weighted by Gasteiger charge is -2.39. The standard InChI is InChI=1S/C12H7B2I/c13-6-1-2-7-8(3-6)10-5-12(15)11(14)4-9(7)10/h1-5,7-8H/t7-,8+/m0/s1. The van der Waals surface area contributed by atoms with Gasteiger partial charge in [-0.25, -0.2) is 0 Å². The maximum Gasteiger partial charge on any atom is 0.115 e. The van der Waals surface area contributed by atoms with E-state index in [2.05, 4.69) is 46.9 Å². The quantitative estimate of drug-likeness (QED) is 0.507. The molecule has 3 rings (SSSR count). The van der Waals surface area contributed by atoms with Crippen molar-refractivity contribution in [1.29, 1.82) is 0 Å². The summed E-state index contributed by atoms with van der Waals surface area (Å²) in [7, 11) is 11.7. The molecule has 0 aromatic heterocycles. The van der Waals surface area contributed by atoms with Crippen LogP contribution in [0.2, 0.25) is 0 Å². The monoisotopic (exact) mass is 300 g/mol. The number of hydrogen-bond donors (Lipinski definition) is 0. The normalized spacial score (nSPS) is 26.3. The summed E-state index contributed by atoms with van der Waals surface area (Å²) < 4.78 is 1.13. The van der Waals surface area contributed by atoms with Gasteiger partial charge in [0.25, 0.3) is 0 Å². The highest BCUT2D eigenvalue weighted by Gasteiger charge is 2.35. The molecule has 0 spiro atoms. The highest BCUT2D eigenvalue weighted by Crippen LogP contribution is 2.50. The highest BCUT2D eigenvalue weighted by molar-refractivity contribution is 14.1. The van der Waals surface area contributed by atoms with Crippen LogP contribution in [-0.2, 0) is 0 Å². The van der Waals surface area contributed by atoms with E-state index in [-0.39, 0.29) is 0 Å². The molecule has 2 atom stereocenters. The number of hydrogen-bond acceptors (Lipinski definition) is 0. The second-order valence-electron chi connectivity index (χ2n) is 4.08. The average Bonchev–Trinajstić information content (AvgIpc) is 2.21. The van der Waals surface area contributed by atoms with E-state index in [0.29, 0.717) is 11.8 Å². The topological polar surface area (TPSA) is 0 Å². The molecule has 0 bridgehead atoms. The second kappa shape index (κ2) is 3.27. The minimum Gasteiger partial charge on any atom is -0.100 e. The fourth-order valence-corrected chi connectivity index (χ4v) is 2.88. The summed E-state index contributed by atoms with van der Waals surface area (Å²) >= 11 is 2.27. The molecule has 0 saturated carbocycles. The first-order valence-electron chi connectivity index (χ1n) is 4.91. The fourth-order valence-electron chi connectivity index (χ4n) is 2.39. The zero-order valence-electron chi connectivity index (χ0n) is 8.07. The zero-order valence-corrected chi connectivity index (χ0v) is 10.2.